The van der Waals surface area contributed by atoms with E-state index in [2.05, 4.69) is 5.32 Å². The monoisotopic (exact) mass is 347 g/mol. The molecule has 0 unspecified atom stereocenters. The van der Waals surface area contributed by atoms with Crippen molar-refractivity contribution in [1.82, 2.24) is 5.32 Å². The largest absolute Gasteiger partial charge is 0.494 e. The molecular weight excluding hydrogens is 328 g/mol. The maximum Gasteiger partial charge on any atom is 0.251 e. The van der Waals surface area contributed by atoms with Crippen LogP contribution in [0.15, 0.2) is 30.3 Å². The number of hydrogen-bond donors (Lipinski definition) is 1. The van der Waals surface area contributed by atoms with Crippen molar-refractivity contribution in [3.8, 4) is 11.5 Å². The van der Waals surface area contributed by atoms with Gasteiger partial charge in [0.2, 0.25) is 0 Å². The lowest BCUT2D eigenvalue weighted by molar-refractivity contribution is 0.0949. The fourth-order valence-electron chi connectivity index (χ4n) is 2.87. The molecule has 1 N–H and O–H groups in total. The summed E-state index contributed by atoms with van der Waals surface area (Å²) in [5.41, 5.74) is 1.75. The zero-order chi connectivity index (χ0) is 18.0. The van der Waals surface area contributed by atoms with E-state index in [9.17, 15) is 13.6 Å². The molecule has 3 rings (SSSR count). The summed E-state index contributed by atoms with van der Waals surface area (Å²) in [5, 5.41) is 2.66. The van der Waals surface area contributed by atoms with Gasteiger partial charge in [-0.3, -0.25) is 4.79 Å². The van der Waals surface area contributed by atoms with Crippen molar-refractivity contribution in [1.29, 1.82) is 0 Å². The summed E-state index contributed by atoms with van der Waals surface area (Å²) in [4.78, 5) is 12.2. The summed E-state index contributed by atoms with van der Waals surface area (Å²) in [6.07, 6.45) is 0.912. The topological polar surface area (TPSA) is 47.6 Å². The van der Waals surface area contributed by atoms with E-state index >= 15 is 0 Å². The number of hydrogen-bond acceptors (Lipinski definition) is 3. The summed E-state index contributed by atoms with van der Waals surface area (Å²) >= 11 is 0. The van der Waals surface area contributed by atoms with Gasteiger partial charge in [0.25, 0.3) is 5.91 Å². The molecule has 2 aromatic carbocycles. The lowest BCUT2D eigenvalue weighted by Crippen LogP contribution is -2.23. The van der Waals surface area contributed by atoms with Gasteiger partial charge in [0.05, 0.1) is 6.61 Å². The van der Waals surface area contributed by atoms with Crippen molar-refractivity contribution in [2.24, 2.45) is 0 Å². The van der Waals surface area contributed by atoms with Gasteiger partial charge in [0, 0.05) is 35.7 Å². The van der Waals surface area contributed by atoms with Gasteiger partial charge in [-0.1, -0.05) is 0 Å². The van der Waals surface area contributed by atoms with Crippen LogP contribution in [0.25, 0.3) is 0 Å². The second kappa shape index (κ2) is 7.09. The van der Waals surface area contributed by atoms with Crippen LogP contribution in [0.5, 0.6) is 11.5 Å². The molecule has 6 heteroatoms. The first-order valence-corrected chi connectivity index (χ1v) is 8.15. The fourth-order valence-corrected chi connectivity index (χ4v) is 2.87. The van der Waals surface area contributed by atoms with E-state index in [1.807, 2.05) is 26.0 Å². The average Bonchev–Trinajstić information content (AvgIpc) is 2.90. The number of ether oxygens (including phenoxy) is 2. The van der Waals surface area contributed by atoms with E-state index in [-0.39, 0.29) is 18.2 Å². The highest BCUT2D eigenvalue weighted by Gasteiger charge is 2.22. The molecule has 0 saturated heterocycles. The smallest absolute Gasteiger partial charge is 0.251 e. The Kier molecular flexibility index (Phi) is 4.88. The Balaban J connectivity index is 1.78. The Morgan fingerprint density at radius 2 is 1.96 bits per heavy atom. The van der Waals surface area contributed by atoms with Crippen LogP contribution in [0.3, 0.4) is 0 Å². The number of amides is 1. The first-order chi connectivity index (χ1) is 12.0. The van der Waals surface area contributed by atoms with E-state index in [1.165, 1.54) is 0 Å². The summed E-state index contributed by atoms with van der Waals surface area (Å²) < 4.78 is 37.9. The second-order valence-electron chi connectivity index (χ2n) is 5.97. The first-order valence-electron chi connectivity index (χ1n) is 8.15. The van der Waals surface area contributed by atoms with Crippen LogP contribution in [-0.2, 0) is 13.0 Å². The minimum atomic E-state index is -0.792. The molecule has 0 saturated carbocycles. The number of rotatable bonds is 5. The van der Waals surface area contributed by atoms with Crippen LogP contribution < -0.4 is 14.8 Å². The quantitative estimate of drug-likeness (QED) is 0.899. The highest BCUT2D eigenvalue weighted by atomic mass is 19.1. The summed E-state index contributed by atoms with van der Waals surface area (Å²) in [7, 11) is 0. The third-order valence-electron chi connectivity index (χ3n) is 3.94. The Labute approximate surface area is 144 Å². The summed E-state index contributed by atoms with van der Waals surface area (Å²) in [6.45, 7) is 4.52. The maximum atomic E-state index is 13.2. The number of benzene rings is 2. The van der Waals surface area contributed by atoms with Crippen LogP contribution in [0.2, 0.25) is 0 Å². The summed E-state index contributed by atoms with van der Waals surface area (Å²) in [6, 6.07) is 6.48. The molecule has 0 spiro atoms. The highest BCUT2D eigenvalue weighted by molar-refractivity contribution is 5.94. The Morgan fingerprint density at radius 3 is 2.64 bits per heavy atom. The van der Waals surface area contributed by atoms with Gasteiger partial charge >= 0.3 is 0 Å². The van der Waals surface area contributed by atoms with E-state index < -0.39 is 17.5 Å². The molecule has 0 aliphatic carbocycles. The Morgan fingerprint density at radius 1 is 1.24 bits per heavy atom. The third kappa shape index (κ3) is 3.90. The lowest BCUT2D eigenvalue weighted by atomic mass is 10.1. The third-order valence-corrected chi connectivity index (χ3v) is 3.94. The lowest BCUT2D eigenvalue weighted by Gasteiger charge is -2.13. The molecule has 2 aromatic rings. The van der Waals surface area contributed by atoms with Crippen LogP contribution in [-0.4, -0.2) is 18.6 Å². The van der Waals surface area contributed by atoms with Gasteiger partial charge in [-0.05, 0) is 38.1 Å². The Hall–Kier alpha value is -2.63. The van der Waals surface area contributed by atoms with Crippen LogP contribution >= 0.6 is 0 Å². The van der Waals surface area contributed by atoms with Crippen LogP contribution in [0.1, 0.15) is 35.3 Å². The number of nitrogens with one attached hydrogen (secondary N) is 1. The van der Waals surface area contributed by atoms with Gasteiger partial charge in [-0.25, -0.2) is 8.78 Å². The van der Waals surface area contributed by atoms with E-state index in [4.69, 9.17) is 9.47 Å². The van der Waals surface area contributed by atoms with Crippen molar-refractivity contribution in [3.05, 3.63) is 58.7 Å². The van der Waals surface area contributed by atoms with Crippen molar-refractivity contribution in [3.63, 3.8) is 0 Å². The van der Waals surface area contributed by atoms with Gasteiger partial charge < -0.3 is 14.8 Å². The summed E-state index contributed by atoms with van der Waals surface area (Å²) in [5.74, 6) is -0.697. The molecule has 0 radical (unpaired) electrons. The molecule has 25 heavy (non-hydrogen) atoms. The van der Waals surface area contributed by atoms with Gasteiger partial charge in [0.15, 0.2) is 0 Å². The molecule has 1 heterocycles. The van der Waals surface area contributed by atoms with Gasteiger partial charge in [0.1, 0.15) is 29.2 Å². The van der Waals surface area contributed by atoms with Gasteiger partial charge in [-0.15, -0.1) is 0 Å². The minimum Gasteiger partial charge on any atom is -0.494 e. The zero-order valence-electron chi connectivity index (χ0n) is 14.1. The van der Waals surface area contributed by atoms with Gasteiger partial charge in [-0.2, -0.15) is 0 Å². The molecule has 1 aliphatic rings. The number of carbonyl (C=O) groups excluding carboxylic acids is 1. The number of halogens is 2. The normalized spacial score (nSPS) is 15.4. The Bertz CT molecular complexity index is 787. The molecular formula is C19H19F2NO3. The van der Waals surface area contributed by atoms with Crippen LogP contribution in [0.4, 0.5) is 8.78 Å². The van der Waals surface area contributed by atoms with E-state index in [0.29, 0.717) is 12.4 Å². The predicted octanol–water partition coefficient (Wildman–Crippen LogP) is 3.62. The van der Waals surface area contributed by atoms with Crippen molar-refractivity contribution >= 4 is 5.91 Å². The molecule has 0 bridgehead atoms. The first kappa shape index (κ1) is 17.2. The maximum absolute atomic E-state index is 13.2. The molecule has 0 aromatic heterocycles. The standard InChI is InChI=1S/C19H19F2NO3/c1-3-24-17-7-12-4-11(2)25-18(12)8-14(17)10-22-19(23)13-5-15(20)9-16(21)6-13/h5-9,11H,3-4,10H2,1-2H3,(H,22,23)/t11-/m0/s1. The molecule has 1 atom stereocenters. The number of carbonyl (C=O) groups is 1. The van der Waals surface area contributed by atoms with Crippen molar-refractivity contribution < 1.29 is 23.0 Å². The SMILES string of the molecule is CCOc1cc2c(cc1CNC(=O)c1cc(F)cc(F)c1)O[C@@H](C)C2. The molecule has 1 amide bonds. The minimum absolute atomic E-state index is 0.0681. The van der Waals surface area contributed by atoms with Crippen molar-refractivity contribution in [2.75, 3.05) is 6.61 Å². The second-order valence-corrected chi connectivity index (χ2v) is 5.97. The predicted molar refractivity (Wildman–Crippen MR) is 88.9 cm³/mol. The highest BCUT2D eigenvalue weighted by Crippen LogP contribution is 2.35. The number of fused-ring (bicyclic) bond motifs is 1. The zero-order valence-corrected chi connectivity index (χ0v) is 14.1. The van der Waals surface area contributed by atoms with Crippen LogP contribution in [0, 0.1) is 11.6 Å². The molecule has 4 nitrogen and oxygen atoms in total. The molecule has 132 valence electrons. The van der Waals surface area contributed by atoms with E-state index in [1.54, 1.807) is 0 Å². The average molecular weight is 347 g/mol. The van der Waals surface area contributed by atoms with E-state index in [0.717, 1.165) is 41.5 Å². The fraction of sp³-hybridized carbons (Fsp3) is 0.316. The van der Waals surface area contributed by atoms with Crippen molar-refractivity contribution in [2.45, 2.75) is 32.9 Å². The molecule has 0 fully saturated rings. The molecule has 1 aliphatic heterocycles.